The number of benzene rings is 2. The Balaban J connectivity index is 1.58. The molecule has 2 N–H and O–H groups in total. The Morgan fingerprint density at radius 2 is 2.04 bits per heavy atom. The molecule has 1 amide bonds. The van der Waals surface area contributed by atoms with Crippen LogP contribution in [0.5, 0.6) is 0 Å². The zero-order chi connectivity index (χ0) is 16.8. The smallest absolute Gasteiger partial charge is 0.224 e. The third-order valence-corrected chi connectivity index (χ3v) is 4.12. The second-order valence-corrected chi connectivity index (χ2v) is 6.20. The van der Waals surface area contributed by atoms with Crippen molar-refractivity contribution >= 4 is 29.0 Å². The summed E-state index contributed by atoms with van der Waals surface area (Å²) in [5.41, 5.74) is 2.90. The predicted octanol–water partition coefficient (Wildman–Crippen LogP) is 3.65. The number of anilines is 1. The maximum absolute atomic E-state index is 12.2. The Morgan fingerprint density at radius 1 is 1.21 bits per heavy atom. The van der Waals surface area contributed by atoms with Crippen molar-refractivity contribution in [2.75, 3.05) is 18.4 Å². The monoisotopic (exact) mass is 341 g/mol. The van der Waals surface area contributed by atoms with Crippen LogP contribution in [0.1, 0.15) is 24.0 Å². The fourth-order valence-electron chi connectivity index (χ4n) is 2.60. The first-order valence-electron chi connectivity index (χ1n) is 8.14. The molecule has 0 saturated carbocycles. The van der Waals surface area contributed by atoms with E-state index in [1.165, 1.54) is 0 Å². The summed E-state index contributed by atoms with van der Waals surface area (Å²) in [6.45, 7) is 1.79. The van der Waals surface area contributed by atoms with Gasteiger partial charge in [-0.25, -0.2) is 0 Å². The molecule has 5 heteroatoms. The van der Waals surface area contributed by atoms with E-state index >= 15 is 0 Å². The van der Waals surface area contributed by atoms with Crippen molar-refractivity contribution < 1.29 is 4.79 Å². The first-order valence-corrected chi connectivity index (χ1v) is 8.51. The number of amides is 1. The van der Waals surface area contributed by atoms with Crippen LogP contribution < -0.4 is 10.6 Å². The zero-order valence-corrected chi connectivity index (χ0v) is 14.1. The van der Waals surface area contributed by atoms with Gasteiger partial charge in [-0.1, -0.05) is 35.9 Å². The van der Waals surface area contributed by atoms with Crippen molar-refractivity contribution in [2.24, 2.45) is 4.99 Å². The molecule has 2 aromatic carbocycles. The van der Waals surface area contributed by atoms with Crippen molar-refractivity contribution in [2.45, 2.75) is 19.3 Å². The molecule has 0 bridgehead atoms. The third kappa shape index (κ3) is 4.59. The summed E-state index contributed by atoms with van der Waals surface area (Å²) < 4.78 is 0. The highest BCUT2D eigenvalue weighted by Crippen LogP contribution is 2.14. The maximum atomic E-state index is 12.2. The van der Waals surface area contributed by atoms with Crippen LogP contribution in [-0.2, 0) is 11.2 Å². The van der Waals surface area contributed by atoms with Crippen molar-refractivity contribution in [3.8, 4) is 0 Å². The summed E-state index contributed by atoms with van der Waals surface area (Å²) in [4.78, 5) is 16.6. The molecule has 0 unspecified atom stereocenters. The maximum Gasteiger partial charge on any atom is 0.224 e. The topological polar surface area (TPSA) is 53.5 Å². The van der Waals surface area contributed by atoms with Gasteiger partial charge in [-0.05, 0) is 42.7 Å². The number of carbonyl (C=O) groups is 1. The number of aryl methyl sites for hydroxylation is 1. The zero-order valence-electron chi connectivity index (χ0n) is 13.4. The Kier molecular flexibility index (Phi) is 5.49. The molecule has 1 aliphatic heterocycles. The normalized spacial score (nSPS) is 13.8. The lowest BCUT2D eigenvalue weighted by Gasteiger charge is -2.15. The number of amidine groups is 1. The molecule has 1 aliphatic rings. The van der Waals surface area contributed by atoms with Gasteiger partial charge in [0.15, 0.2) is 0 Å². The molecular weight excluding hydrogens is 322 g/mol. The highest BCUT2D eigenvalue weighted by molar-refractivity contribution is 6.30. The number of halogens is 1. The molecule has 0 saturated heterocycles. The molecule has 0 atom stereocenters. The lowest BCUT2D eigenvalue weighted by molar-refractivity contribution is -0.116. The van der Waals surface area contributed by atoms with E-state index in [9.17, 15) is 4.79 Å². The summed E-state index contributed by atoms with van der Waals surface area (Å²) in [7, 11) is 0. The summed E-state index contributed by atoms with van der Waals surface area (Å²) in [6.07, 6.45) is 2.19. The van der Waals surface area contributed by atoms with Gasteiger partial charge in [-0.3, -0.25) is 9.79 Å². The van der Waals surface area contributed by atoms with Gasteiger partial charge in [-0.15, -0.1) is 0 Å². The quantitative estimate of drug-likeness (QED) is 0.872. The van der Waals surface area contributed by atoms with Gasteiger partial charge in [0.25, 0.3) is 0 Å². The molecular formula is C19H20ClN3O. The largest absolute Gasteiger partial charge is 0.370 e. The van der Waals surface area contributed by atoms with Crippen molar-refractivity contribution in [1.82, 2.24) is 5.32 Å². The van der Waals surface area contributed by atoms with Crippen LogP contribution >= 0.6 is 11.6 Å². The first-order chi connectivity index (χ1) is 11.7. The minimum Gasteiger partial charge on any atom is -0.370 e. The Hall–Kier alpha value is -2.33. The fraction of sp³-hybridized carbons (Fsp3) is 0.263. The lowest BCUT2D eigenvalue weighted by atomic mass is 10.1. The molecule has 0 fully saturated rings. The number of rotatable bonds is 5. The number of nitrogens with zero attached hydrogens (tertiary/aromatic N) is 1. The third-order valence-electron chi connectivity index (χ3n) is 3.87. The fourth-order valence-corrected chi connectivity index (χ4v) is 2.73. The van der Waals surface area contributed by atoms with Gasteiger partial charge in [-0.2, -0.15) is 0 Å². The van der Waals surface area contributed by atoms with E-state index in [-0.39, 0.29) is 5.91 Å². The van der Waals surface area contributed by atoms with E-state index in [4.69, 9.17) is 11.6 Å². The van der Waals surface area contributed by atoms with E-state index in [0.717, 1.165) is 42.2 Å². The van der Waals surface area contributed by atoms with E-state index in [0.29, 0.717) is 17.9 Å². The summed E-state index contributed by atoms with van der Waals surface area (Å²) in [5, 5.41) is 6.96. The minimum atomic E-state index is 0.000595. The standard InChI is InChI=1S/C19H20ClN3O/c20-16-8-5-14(6-9-16)7-10-18(24)23-17-4-1-3-15(13-17)19-21-11-2-12-22-19/h1,3-6,8-9,13H,2,7,10-12H2,(H,21,22)(H,23,24). The highest BCUT2D eigenvalue weighted by atomic mass is 35.5. The van der Waals surface area contributed by atoms with Gasteiger partial charge < -0.3 is 10.6 Å². The van der Waals surface area contributed by atoms with Crippen molar-refractivity contribution in [3.63, 3.8) is 0 Å². The van der Waals surface area contributed by atoms with E-state index in [1.807, 2.05) is 48.5 Å². The highest BCUT2D eigenvalue weighted by Gasteiger charge is 2.09. The number of nitrogens with one attached hydrogen (secondary N) is 2. The molecule has 3 rings (SSSR count). The van der Waals surface area contributed by atoms with Crippen LogP contribution in [0, 0.1) is 0 Å². The molecule has 2 aromatic rings. The van der Waals surface area contributed by atoms with Crippen LogP contribution in [0.15, 0.2) is 53.5 Å². The molecule has 0 spiro atoms. The number of aliphatic imine (C=N–C) groups is 1. The lowest BCUT2D eigenvalue weighted by Crippen LogP contribution is -2.30. The van der Waals surface area contributed by atoms with Crippen LogP contribution in [0.25, 0.3) is 0 Å². The van der Waals surface area contributed by atoms with Crippen LogP contribution in [0.2, 0.25) is 5.02 Å². The molecule has 0 aromatic heterocycles. The average Bonchev–Trinajstić information content (AvgIpc) is 2.62. The molecule has 4 nitrogen and oxygen atoms in total. The van der Waals surface area contributed by atoms with Gasteiger partial charge in [0.05, 0.1) is 0 Å². The van der Waals surface area contributed by atoms with Gasteiger partial charge in [0.1, 0.15) is 5.84 Å². The van der Waals surface area contributed by atoms with Crippen LogP contribution in [0.4, 0.5) is 5.69 Å². The molecule has 124 valence electrons. The molecule has 1 heterocycles. The number of carbonyl (C=O) groups excluding carboxylic acids is 1. The number of hydrogen-bond donors (Lipinski definition) is 2. The second-order valence-electron chi connectivity index (χ2n) is 5.77. The van der Waals surface area contributed by atoms with Crippen LogP contribution in [-0.4, -0.2) is 24.8 Å². The van der Waals surface area contributed by atoms with E-state index in [2.05, 4.69) is 15.6 Å². The summed E-state index contributed by atoms with van der Waals surface area (Å²) in [5.74, 6) is 0.902. The Labute approximate surface area is 146 Å². The van der Waals surface area contributed by atoms with Gasteiger partial charge in [0.2, 0.25) is 5.91 Å². The average molecular weight is 342 g/mol. The molecule has 0 radical (unpaired) electrons. The van der Waals surface area contributed by atoms with E-state index < -0.39 is 0 Å². The SMILES string of the molecule is O=C(CCc1ccc(Cl)cc1)Nc1cccc(C2=NCCCN2)c1. The Bertz CT molecular complexity index is 741. The van der Waals surface area contributed by atoms with Crippen LogP contribution in [0.3, 0.4) is 0 Å². The summed E-state index contributed by atoms with van der Waals surface area (Å²) >= 11 is 5.87. The number of hydrogen-bond acceptors (Lipinski definition) is 3. The predicted molar refractivity (Wildman–Crippen MR) is 98.9 cm³/mol. The van der Waals surface area contributed by atoms with E-state index in [1.54, 1.807) is 0 Å². The second kappa shape index (κ2) is 7.97. The summed E-state index contributed by atoms with van der Waals surface area (Å²) in [6, 6.07) is 15.4. The molecule has 0 aliphatic carbocycles. The van der Waals surface area contributed by atoms with Crippen molar-refractivity contribution in [3.05, 3.63) is 64.7 Å². The van der Waals surface area contributed by atoms with Gasteiger partial charge in [0, 0.05) is 35.8 Å². The Morgan fingerprint density at radius 3 is 2.79 bits per heavy atom. The van der Waals surface area contributed by atoms with Crippen molar-refractivity contribution in [1.29, 1.82) is 0 Å². The minimum absolute atomic E-state index is 0.000595. The van der Waals surface area contributed by atoms with Gasteiger partial charge >= 0.3 is 0 Å². The molecule has 24 heavy (non-hydrogen) atoms. The first kappa shape index (κ1) is 16.5.